The van der Waals surface area contributed by atoms with E-state index in [2.05, 4.69) is 0 Å². The fourth-order valence-corrected chi connectivity index (χ4v) is 3.61. The molecule has 30 heavy (non-hydrogen) atoms. The molecule has 1 fully saturated rings. The maximum atomic E-state index is 13.0. The summed E-state index contributed by atoms with van der Waals surface area (Å²) < 4.78 is 15.3. The molecular formula is C21H29ClN2O6. The summed E-state index contributed by atoms with van der Waals surface area (Å²) in [7, 11) is 3.05. The molecule has 0 radical (unpaired) electrons. The van der Waals surface area contributed by atoms with Crippen LogP contribution in [0.25, 0.3) is 0 Å². The van der Waals surface area contributed by atoms with E-state index in [0.29, 0.717) is 55.4 Å². The number of methoxy groups -OCH3 is 2. The Morgan fingerprint density at radius 3 is 2.50 bits per heavy atom. The number of halogens is 1. The van der Waals surface area contributed by atoms with Crippen molar-refractivity contribution in [3.8, 4) is 5.75 Å². The smallest absolute Gasteiger partial charge is 0.325 e. The number of hydrogen-bond donors (Lipinski definition) is 0. The van der Waals surface area contributed by atoms with Gasteiger partial charge in [0.1, 0.15) is 12.3 Å². The third-order valence-corrected chi connectivity index (χ3v) is 5.26. The molecule has 8 nitrogen and oxygen atoms in total. The second-order valence-corrected chi connectivity index (χ2v) is 7.41. The molecule has 0 spiro atoms. The summed E-state index contributed by atoms with van der Waals surface area (Å²) in [6.45, 7) is 3.39. The maximum Gasteiger partial charge on any atom is 0.325 e. The molecule has 0 saturated carbocycles. The Hall–Kier alpha value is -2.32. The predicted molar refractivity (Wildman–Crippen MR) is 112 cm³/mol. The number of benzene rings is 1. The van der Waals surface area contributed by atoms with Crippen LogP contribution in [0, 0.1) is 5.92 Å². The highest BCUT2D eigenvalue weighted by Gasteiger charge is 2.32. The largest absolute Gasteiger partial charge is 0.496 e. The number of carbonyl (C=O) groups is 3. The normalized spacial score (nSPS) is 14.3. The second kappa shape index (κ2) is 11.8. The minimum Gasteiger partial charge on any atom is -0.496 e. The Bertz CT molecular complexity index is 749. The Morgan fingerprint density at radius 2 is 1.90 bits per heavy atom. The fourth-order valence-electron chi connectivity index (χ4n) is 3.44. The zero-order valence-corrected chi connectivity index (χ0v) is 18.4. The quantitative estimate of drug-likeness (QED) is 0.547. The Balaban J connectivity index is 2.00. The minimum absolute atomic E-state index is 0.102. The molecule has 1 aliphatic rings. The number of likely N-dealkylation sites (tertiary alicyclic amines) is 1. The molecule has 0 aliphatic carbocycles. The predicted octanol–water partition coefficient (Wildman–Crippen LogP) is 2.24. The van der Waals surface area contributed by atoms with Crippen LogP contribution < -0.4 is 4.74 Å². The SMILES string of the molecule is CCOC(=O)CN(CCOC)C(=O)C1CCN(C(=O)c2cc(Cl)ccc2OC)CC1. The van der Waals surface area contributed by atoms with Crippen LogP contribution in [0.1, 0.15) is 30.1 Å². The number of nitrogens with zero attached hydrogens (tertiary/aromatic N) is 2. The van der Waals surface area contributed by atoms with E-state index < -0.39 is 5.97 Å². The van der Waals surface area contributed by atoms with Crippen molar-refractivity contribution in [1.29, 1.82) is 0 Å². The topological polar surface area (TPSA) is 85.4 Å². The lowest BCUT2D eigenvalue weighted by Crippen LogP contribution is -2.46. The van der Waals surface area contributed by atoms with Crippen molar-refractivity contribution in [2.24, 2.45) is 5.92 Å². The van der Waals surface area contributed by atoms with Crippen LogP contribution in [-0.2, 0) is 19.1 Å². The van der Waals surface area contributed by atoms with Gasteiger partial charge in [-0.2, -0.15) is 0 Å². The first kappa shape index (κ1) is 24.0. The Kier molecular flexibility index (Phi) is 9.39. The molecule has 0 aromatic heterocycles. The molecule has 2 rings (SSSR count). The highest BCUT2D eigenvalue weighted by Crippen LogP contribution is 2.27. The van der Waals surface area contributed by atoms with Gasteiger partial charge in [-0.3, -0.25) is 14.4 Å². The number of esters is 1. The average Bonchev–Trinajstić information content (AvgIpc) is 2.76. The highest BCUT2D eigenvalue weighted by atomic mass is 35.5. The summed E-state index contributed by atoms with van der Waals surface area (Å²) in [4.78, 5) is 40.9. The van der Waals surface area contributed by atoms with Crippen molar-refractivity contribution in [1.82, 2.24) is 9.80 Å². The van der Waals surface area contributed by atoms with Gasteiger partial charge in [0.25, 0.3) is 5.91 Å². The lowest BCUT2D eigenvalue weighted by Gasteiger charge is -2.34. The van der Waals surface area contributed by atoms with Crippen LogP contribution in [0.2, 0.25) is 5.02 Å². The lowest BCUT2D eigenvalue weighted by atomic mass is 9.94. The molecule has 2 amide bonds. The molecule has 1 aromatic rings. The number of hydrogen-bond acceptors (Lipinski definition) is 6. The maximum absolute atomic E-state index is 13.0. The van der Waals surface area contributed by atoms with E-state index in [1.807, 2.05) is 0 Å². The third-order valence-electron chi connectivity index (χ3n) is 5.03. The molecule has 166 valence electrons. The zero-order valence-electron chi connectivity index (χ0n) is 17.7. The first-order chi connectivity index (χ1) is 14.4. The van der Waals surface area contributed by atoms with E-state index in [-0.39, 0.29) is 30.9 Å². The van der Waals surface area contributed by atoms with Crippen molar-refractivity contribution in [2.75, 3.05) is 53.6 Å². The van der Waals surface area contributed by atoms with E-state index in [0.717, 1.165) is 0 Å². The van der Waals surface area contributed by atoms with Gasteiger partial charge >= 0.3 is 5.97 Å². The summed E-state index contributed by atoms with van der Waals surface area (Å²) in [5.41, 5.74) is 0.402. The van der Waals surface area contributed by atoms with Crippen LogP contribution in [0.15, 0.2) is 18.2 Å². The number of ether oxygens (including phenoxy) is 3. The molecule has 0 unspecified atom stereocenters. The summed E-state index contributed by atoms with van der Waals surface area (Å²) >= 11 is 6.04. The molecule has 0 N–H and O–H groups in total. The van der Waals surface area contributed by atoms with Crippen molar-refractivity contribution in [3.63, 3.8) is 0 Å². The number of rotatable bonds is 9. The molecule has 1 aromatic carbocycles. The Labute approximate surface area is 182 Å². The van der Waals surface area contributed by atoms with E-state index in [1.54, 1.807) is 37.1 Å². The first-order valence-electron chi connectivity index (χ1n) is 9.97. The van der Waals surface area contributed by atoms with Gasteiger partial charge in [0, 0.05) is 37.7 Å². The molecule has 9 heteroatoms. The summed E-state index contributed by atoms with van der Waals surface area (Å²) in [6, 6.07) is 4.92. The molecular weight excluding hydrogens is 412 g/mol. The molecule has 0 bridgehead atoms. The summed E-state index contributed by atoms with van der Waals surface area (Å²) in [5, 5.41) is 0.456. The van der Waals surface area contributed by atoms with E-state index in [9.17, 15) is 14.4 Å². The first-order valence-corrected chi connectivity index (χ1v) is 10.3. The standard InChI is InChI=1S/C21H29ClN2O6/c1-4-30-19(25)14-24(11-12-28-2)20(26)15-7-9-23(10-8-15)21(27)17-13-16(22)5-6-18(17)29-3/h5-6,13,15H,4,7-12,14H2,1-3H3. The monoisotopic (exact) mass is 440 g/mol. The second-order valence-electron chi connectivity index (χ2n) is 6.97. The van der Waals surface area contributed by atoms with Gasteiger partial charge in [-0.25, -0.2) is 0 Å². The number of carbonyl (C=O) groups excluding carboxylic acids is 3. The van der Waals surface area contributed by atoms with Gasteiger partial charge in [-0.05, 0) is 38.0 Å². The van der Waals surface area contributed by atoms with E-state index >= 15 is 0 Å². The van der Waals surface area contributed by atoms with Crippen molar-refractivity contribution in [3.05, 3.63) is 28.8 Å². The van der Waals surface area contributed by atoms with Crippen molar-refractivity contribution < 1.29 is 28.6 Å². The number of amides is 2. The van der Waals surface area contributed by atoms with Crippen molar-refractivity contribution in [2.45, 2.75) is 19.8 Å². The fraction of sp³-hybridized carbons (Fsp3) is 0.571. The van der Waals surface area contributed by atoms with Crippen LogP contribution in [-0.4, -0.2) is 81.2 Å². The summed E-state index contributed by atoms with van der Waals surface area (Å²) in [6.07, 6.45) is 1.03. The van der Waals surface area contributed by atoms with Crippen LogP contribution in [0.5, 0.6) is 5.75 Å². The van der Waals surface area contributed by atoms with Crippen LogP contribution >= 0.6 is 11.6 Å². The van der Waals surface area contributed by atoms with Gasteiger partial charge in [-0.1, -0.05) is 11.6 Å². The molecule has 0 atom stereocenters. The molecule has 1 saturated heterocycles. The lowest BCUT2D eigenvalue weighted by molar-refractivity contribution is -0.151. The molecule has 1 heterocycles. The zero-order chi connectivity index (χ0) is 22.1. The van der Waals surface area contributed by atoms with Gasteiger partial charge < -0.3 is 24.0 Å². The van der Waals surface area contributed by atoms with Crippen LogP contribution in [0.3, 0.4) is 0 Å². The average molecular weight is 441 g/mol. The number of piperidine rings is 1. The van der Waals surface area contributed by atoms with Gasteiger partial charge in [0.2, 0.25) is 5.91 Å². The van der Waals surface area contributed by atoms with Gasteiger partial charge in [-0.15, -0.1) is 0 Å². The van der Waals surface area contributed by atoms with Crippen molar-refractivity contribution >= 4 is 29.4 Å². The van der Waals surface area contributed by atoms with Gasteiger partial charge in [0.05, 0.1) is 25.9 Å². The third kappa shape index (κ3) is 6.34. The highest BCUT2D eigenvalue weighted by molar-refractivity contribution is 6.31. The molecule has 1 aliphatic heterocycles. The summed E-state index contributed by atoms with van der Waals surface area (Å²) in [5.74, 6) is -0.539. The Morgan fingerprint density at radius 1 is 1.20 bits per heavy atom. The van der Waals surface area contributed by atoms with Crippen LogP contribution in [0.4, 0.5) is 0 Å². The minimum atomic E-state index is -0.442. The van der Waals surface area contributed by atoms with E-state index in [4.69, 9.17) is 25.8 Å². The van der Waals surface area contributed by atoms with E-state index in [1.165, 1.54) is 12.0 Å². The van der Waals surface area contributed by atoms with Gasteiger partial charge in [0.15, 0.2) is 0 Å².